The summed E-state index contributed by atoms with van der Waals surface area (Å²) in [4.78, 5) is 15.3. The highest BCUT2D eigenvalue weighted by Crippen LogP contribution is 2.30. The molecule has 0 aliphatic carbocycles. The molecule has 5 N–H and O–H groups in total. The van der Waals surface area contributed by atoms with Crippen molar-refractivity contribution in [1.29, 1.82) is 0 Å². The third kappa shape index (κ3) is 25.6. The molecule has 0 spiro atoms. The molecule has 2 unspecified atom stereocenters. The molecule has 66 valence electrons. The maximum Gasteiger partial charge on any atom is 0.745 e. The van der Waals surface area contributed by atoms with Gasteiger partial charge in [-0.15, -0.1) is 9.79 Å². The SMILES string of the molecule is NCCO.O=[P+](O)O[P+](=O)O. The first-order valence-corrected chi connectivity index (χ1v) is 4.62. The zero-order valence-electron chi connectivity index (χ0n) is 5.45. The van der Waals surface area contributed by atoms with Crippen molar-refractivity contribution in [2.45, 2.75) is 0 Å². The minimum Gasteiger partial charge on any atom is -0.395 e. The summed E-state index contributed by atoms with van der Waals surface area (Å²) in [6.45, 7) is 0.472. The smallest absolute Gasteiger partial charge is 0.395 e. The van der Waals surface area contributed by atoms with E-state index >= 15 is 0 Å². The zero-order valence-corrected chi connectivity index (χ0v) is 7.24. The lowest BCUT2D eigenvalue weighted by Gasteiger charge is -1.71. The molecule has 0 aromatic heterocycles. The number of rotatable bonds is 3. The van der Waals surface area contributed by atoms with Gasteiger partial charge in [-0.05, 0) is 0 Å². The molecule has 0 radical (unpaired) electrons. The molecular formula is C2H9NO6P2+2. The Morgan fingerprint density at radius 1 is 1.27 bits per heavy atom. The van der Waals surface area contributed by atoms with Crippen molar-refractivity contribution in [3.8, 4) is 0 Å². The second-order valence-corrected chi connectivity index (χ2v) is 2.67. The number of aliphatic hydroxyl groups is 1. The van der Waals surface area contributed by atoms with Crippen LogP contribution in [0.15, 0.2) is 0 Å². The van der Waals surface area contributed by atoms with Crippen LogP contribution in [0.1, 0.15) is 0 Å². The van der Waals surface area contributed by atoms with Gasteiger partial charge < -0.3 is 10.8 Å². The average Bonchev–Trinajstić information content (AvgIpc) is 1.85. The Kier molecular flexibility index (Phi) is 12.3. The van der Waals surface area contributed by atoms with Crippen LogP contribution in [-0.4, -0.2) is 28.0 Å². The van der Waals surface area contributed by atoms with E-state index in [-0.39, 0.29) is 6.61 Å². The van der Waals surface area contributed by atoms with Crippen LogP contribution in [-0.2, 0) is 13.4 Å². The van der Waals surface area contributed by atoms with Crippen molar-refractivity contribution >= 4 is 16.5 Å². The van der Waals surface area contributed by atoms with E-state index < -0.39 is 16.5 Å². The third-order valence-electron chi connectivity index (χ3n) is 0.269. The molecule has 0 rings (SSSR count). The van der Waals surface area contributed by atoms with Crippen molar-refractivity contribution in [2.75, 3.05) is 13.2 Å². The Morgan fingerprint density at radius 3 is 1.55 bits per heavy atom. The molecule has 0 fully saturated rings. The standard InChI is InChI=1S/C2H7NO.O5P2/c3-1-2-4;1-6(2)5-7(3)4/h4H,1-3H2;/p+2. The number of nitrogens with two attached hydrogens (primary N) is 1. The van der Waals surface area contributed by atoms with Crippen molar-refractivity contribution in [3.05, 3.63) is 0 Å². The Morgan fingerprint density at radius 2 is 1.55 bits per heavy atom. The van der Waals surface area contributed by atoms with E-state index in [4.69, 9.17) is 20.6 Å². The molecule has 2 atom stereocenters. The minimum atomic E-state index is -2.92. The van der Waals surface area contributed by atoms with E-state index in [1.165, 1.54) is 0 Å². The molecule has 0 aliphatic rings. The van der Waals surface area contributed by atoms with Gasteiger partial charge in [0.2, 0.25) is 0 Å². The molecule has 0 amide bonds. The fourth-order valence-corrected chi connectivity index (χ4v) is 0.538. The lowest BCUT2D eigenvalue weighted by atomic mass is 10.8. The van der Waals surface area contributed by atoms with Crippen LogP contribution >= 0.6 is 16.5 Å². The van der Waals surface area contributed by atoms with Gasteiger partial charge in [0.05, 0.1) is 6.61 Å². The van der Waals surface area contributed by atoms with E-state index in [9.17, 15) is 9.13 Å². The number of aliphatic hydroxyl groups excluding tert-OH is 1. The first-order chi connectivity index (χ1) is 5.04. The summed E-state index contributed by atoms with van der Waals surface area (Å²) in [7, 11) is -5.85. The van der Waals surface area contributed by atoms with Crippen LogP contribution in [0.4, 0.5) is 0 Å². The zero-order chi connectivity index (χ0) is 9.28. The molecule has 0 saturated carbocycles. The van der Waals surface area contributed by atoms with Gasteiger partial charge in [-0.2, -0.15) is 0 Å². The van der Waals surface area contributed by atoms with Crippen molar-refractivity contribution in [2.24, 2.45) is 5.73 Å². The van der Waals surface area contributed by atoms with E-state index in [2.05, 4.69) is 4.31 Å². The van der Waals surface area contributed by atoms with Crippen LogP contribution in [0, 0.1) is 0 Å². The highest BCUT2D eigenvalue weighted by molar-refractivity contribution is 7.46. The fourth-order valence-electron chi connectivity index (χ4n) is 0.0598. The second kappa shape index (κ2) is 10.0. The molecule has 0 heterocycles. The monoisotopic (exact) mass is 205 g/mol. The summed E-state index contributed by atoms with van der Waals surface area (Å²) >= 11 is 0. The topological polar surface area (TPSA) is 130 Å². The summed E-state index contributed by atoms with van der Waals surface area (Å²) in [5.74, 6) is 0. The largest absolute Gasteiger partial charge is 0.745 e. The van der Waals surface area contributed by atoms with Gasteiger partial charge in [-0.3, -0.25) is 0 Å². The molecule has 0 saturated heterocycles. The minimum absolute atomic E-state index is 0.0972. The van der Waals surface area contributed by atoms with Gasteiger partial charge in [-0.25, -0.2) is 0 Å². The predicted molar refractivity (Wildman–Crippen MR) is 36.9 cm³/mol. The maximum absolute atomic E-state index is 9.39. The molecule has 9 heteroatoms. The number of hydrogen-bond acceptors (Lipinski definition) is 5. The van der Waals surface area contributed by atoms with Gasteiger partial charge in [0.1, 0.15) is 0 Å². The van der Waals surface area contributed by atoms with E-state index in [1.54, 1.807) is 0 Å². The molecule has 7 nitrogen and oxygen atoms in total. The van der Waals surface area contributed by atoms with Gasteiger partial charge in [-0.1, -0.05) is 0 Å². The maximum atomic E-state index is 9.39. The highest BCUT2D eigenvalue weighted by atomic mass is 31.2. The first-order valence-electron chi connectivity index (χ1n) is 2.35. The van der Waals surface area contributed by atoms with Crippen LogP contribution in [0.3, 0.4) is 0 Å². The quantitative estimate of drug-likeness (QED) is 0.445. The van der Waals surface area contributed by atoms with Crippen molar-refractivity contribution in [1.82, 2.24) is 0 Å². The Hall–Kier alpha value is -0.0000000000000000763. The summed E-state index contributed by atoms with van der Waals surface area (Å²) in [5, 5.41) is 7.75. The second-order valence-electron chi connectivity index (χ2n) is 1.07. The van der Waals surface area contributed by atoms with Gasteiger partial charge in [0.15, 0.2) is 4.31 Å². The van der Waals surface area contributed by atoms with Gasteiger partial charge >= 0.3 is 16.5 Å². The molecule has 0 aliphatic heterocycles. The van der Waals surface area contributed by atoms with Crippen molar-refractivity contribution in [3.63, 3.8) is 0 Å². The normalized spacial score (nSPS) is 11.3. The molecular weight excluding hydrogens is 196 g/mol. The number of hydrogen-bond donors (Lipinski definition) is 4. The van der Waals surface area contributed by atoms with Crippen LogP contribution in [0.25, 0.3) is 0 Å². The highest BCUT2D eigenvalue weighted by Gasteiger charge is 2.31. The van der Waals surface area contributed by atoms with Crippen LogP contribution < -0.4 is 5.73 Å². The molecule has 0 aromatic rings. The molecule has 0 bridgehead atoms. The van der Waals surface area contributed by atoms with Crippen LogP contribution in [0.5, 0.6) is 0 Å². The fraction of sp³-hybridized carbons (Fsp3) is 1.00. The summed E-state index contributed by atoms with van der Waals surface area (Å²) < 4.78 is 22.2. The predicted octanol–water partition coefficient (Wildman–Crippen LogP) is -0.760. The lowest BCUT2D eigenvalue weighted by Crippen LogP contribution is -2.02. The van der Waals surface area contributed by atoms with E-state index in [1.807, 2.05) is 0 Å². The summed E-state index contributed by atoms with van der Waals surface area (Å²) in [6, 6.07) is 0. The Balaban J connectivity index is 0. The summed E-state index contributed by atoms with van der Waals surface area (Å²) in [5.41, 5.74) is 4.78. The van der Waals surface area contributed by atoms with Gasteiger partial charge in [0.25, 0.3) is 0 Å². The van der Waals surface area contributed by atoms with E-state index in [0.717, 1.165) is 0 Å². The molecule has 0 aromatic carbocycles. The summed E-state index contributed by atoms with van der Waals surface area (Å²) in [6.07, 6.45) is 0. The lowest BCUT2D eigenvalue weighted by molar-refractivity contribution is 0.306. The van der Waals surface area contributed by atoms with Crippen molar-refractivity contribution < 1.29 is 28.3 Å². The first kappa shape index (κ1) is 13.6. The Labute approximate surface area is 64.7 Å². The third-order valence-corrected chi connectivity index (χ3v) is 1.39. The van der Waals surface area contributed by atoms with Gasteiger partial charge in [0, 0.05) is 15.7 Å². The average molecular weight is 205 g/mol. The van der Waals surface area contributed by atoms with E-state index in [0.29, 0.717) is 6.54 Å². The van der Waals surface area contributed by atoms with Crippen LogP contribution in [0.2, 0.25) is 0 Å². The molecule has 11 heavy (non-hydrogen) atoms. The Bertz CT molecular complexity index is 114.